The fraction of sp³-hybridized carbons (Fsp3) is 0.286. The van der Waals surface area contributed by atoms with Crippen LogP contribution in [0.15, 0.2) is 35.1 Å². The SMILES string of the molecule is Cc1nc(Nc2ccccc2)[nH]c(=O)c1C(C)C. The Balaban J connectivity index is 2.35. The third-order valence-corrected chi connectivity index (χ3v) is 2.76. The Labute approximate surface area is 106 Å². The molecule has 0 saturated heterocycles. The van der Waals surface area contributed by atoms with Crippen molar-refractivity contribution in [3.63, 3.8) is 0 Å². The molecule has 0 amide bonds. The molecule has 0 bridgehead atoms. The van der Waals surface area contributed by atoms with Crippen molar-refractivity contribution in [1.82, 2.24) is 9.97 Å². The van der Waals surface area contributed by atoms with E-state index < -0.39 is 0 Å². The molecule has 2 rings (SSSR count). The molecule has 0 spiro atoms. The lowest BCUT2D eigenvalue weighted by Gasteiger charge is -2.10. The summed E-state index contributed by atoms with van der Waals surface area (Å²) in [5.74, 6) is 0.653. The second-order valence-electron chi connectivity index (χ2n) is 4.56. The number of aromatic amines is 1. The van der Waals surface area contributed by atoms with Crippen molar-refractivity contribution in [3.8, 4) is 0 Å². The zero-order chi connectivity index (χ0) is 13.1. The van der Waals surface area contributed by atoms with Crippen molar-refractivity contribution >= 4 is 11.6 Å². The van der Waals surface area contributed by atoms with Crippen molar-refractivity contribution in [2.45, 2.75) is 26.7 Å². The number of aromatic nitrogens is 2. The predicted molar refractivity (Wildman–Crippen MR) is 73.4 cm³/mol. The van der Waals surface area contributed by atoms with Gasteiger partial charge in [0.25, 0.3) is 5.56 Å². The Morgan fingerprint density at radius 3 is 2.44 bits per heavy atom. The van der Waals surface area contributed by atoms with Gasteiger partial charge in [-0.15, -0.1) is 0 Å². The van der Waals surface area contributed by atoms with Crippen LogP contribution in [0, 0.1) is 6.92 Å². The number of hydrogen-bond donors (Lipinski definition) is 2. The normalized spacial score (nSPS) is 10.7. The molecule has 0 radical (unpaired) electrons. The van der Waals surface area contributed by atoms with E-state index in [1.54, 1.807) is 0 Å². The maximum absolute atomic E-state index is 12.0. The molecular formula is C14H17N3O. The molecule has 1 aromatic carbocycles. The fourth-order valence-electron chi connectivity index (χ4n) is 1.99. The standard InChI is InChI=1S/C14H17N3O/c1-9(2)12-10(3)15-14(17-13(12)18)16-11-7-5-4-6-8-11/h4-9H,1-3H3,(H2,15,16,17,18). The minimum Gasteiger partial charge on any atom is -0.326 e. The number of nitrogens with zero attached hydrogens (tertiary/aromatic N) is 1. The topological polar surface area (TPSA) is 57.8 Å². The van der Waals surface area contributed by atoms with Gasteiger partial charge < -0.3 is 5.32 Å². The smallest absolute Gasteiger partial charge is 0.255 e. The number of para-hydroxylation sites is 1. The molecule has 0 atom stereocenters. The van der Waals surface area contributed by atoms with Crippen molar-refractivity contribution in [3.05, 3.63) is 51.9 Å². The largest absolute Gasteiger partial charge is 0.326 e. The van der Waals surface area contributed by atoms with E-state index >= 15 is 0 Å². The van der Waals surface area contributed by atoms with Gasteiger partial charge in [0.15, 0.2) is 0 Å². The molecule has 0 aliphatic carbocycles. The number of aryl methyl sites for hydroxylation is 1. The van der Waals surface area contributed by atoms with Crippen LogP contribution in [0.25, 0.3) is 0 Å². The van der Waals surface area contributed by atoms with Crippen LogP contribution in [-0.4, -0.2) is 9.97 Å². The highest BCUT2D eigenvalue weighted by Gasteiger charge is 2.11. The fourth-order valence-corrected chi connectivity index (χ4v) is 1.99. The van der Waals surface area contributed by atoms with E-state index in [-0.39, 0.29) is 11.5 Å². The lowest BCUT2D eigenvalue weighted by atomic mass is 10.0. The number of nitrogens with one attached hydrogen (secondary N) is 2. The van der Waals surface area contributed by atoms with Gasteiger partial charge in [-0.1, -0.05) is 32.0 Å². The summed E-state index contributed by atoms with van der Waals surface area (Å²) in [7, 11) is 0. The van der Waals surface area contributed by atoms with Gasteiger partial charge in [0.2, 0.25) is 5.95 Å². The lowest BCUT2D eigenvalue weighted by Crippen LogP contribution is -2.19. The summed E-state index contributed by atoms with van der Waals surface area (Å²) in [5.41, 5.74) is 2.34. The van der Waals surface area contributed by atoms with Gasteiger partial charge in [-0.05, 0) is 25.0 Å². The first-order valence-corrected chi connectivity index (χ1v) is 6.01. The first-order chi connectivity index (χ1) is 8.58. The summed E-state index contributed by atoms with van der Waals surface area (Å²) in [6.07, 6.45) is 0. The molecule has 0 saturated carbocycles. The van der Waals surface area contributed by atoms with E-state index in [4.69, 9.17) is 0 Å². The molecule has 18 heavy (non-hydrogen) atoms. The highest BCUT2D eigenvalue weighted by Crippen LogP contribution is 2.15. The molecular weight excluding hydrogens is 226 g/mol. The average Bonchev–Trinajstić information content (AvgIpc) is 2.28. The number of anilines is 2. The zero-order valence-electron chi connectivity index (χ0n) is 10.8. The average molecular weight is 243 g/mol. The zero-order valence-corrected chi connectivity index (χ0v) is 10.8. The maximum atomic E-state index is 12.0. The molecule has 4 heteroatoms. The van der Waals surface area contributed by atoms with Crippen LogP contribution in [-0.2, 0) is 0 Å². The summed E-state index contributed by atoms with van der Waals surface area (Å²) < 4.78 is 0. The molecule has 4 nitrogen and oxygen atoms in total. The molecule has 0 unspecified atom stereocenters. The highest BCUT2D eigenvalue weighted by molar-refractivity contribution is 5.52. The van der Waals surface area contributed by atoms with Crippen molar-refractivity contribution < 1.29 is 0 Å². The summed E-state index contributed by atoms with van der Waals surface area (Å²) >= 11 is 0. The minimum absolute atomic E-state index is 0.0732. The quantitative estimate of drug-likeness (QED) is 0.871. The molecule has 2 aromatic rings. The van der Waals surface area contributed by atoms with Gasteiger partial charge in [-0.3, -0.25) is 9.78 Å². The number of H-pyrrole nitrogens is 1. The van der Waals surface area contributed by atoms with Gasteiger partial charge in [-0.25, -0.2) is 4.98 Å². The summed E-state index contributed by atoms with van der Waals surface area (Å²) in [6, 6.07) is 9.64. The molecule has 0 aliphatic heterocycles. The van der Waals surface area contributed by atoms with E-state index in [1.165, 1.54) is 0 Å². The molecule has 1 heterocycles. The second-order valence-corrected chi connectivity index (χ2v) is 4.56. The highest BCUT2D eigenvalue weighted by atomic mass is 16.1. The van der Waals surface area contributed by atoms with E-state index in [2.05, 4.69) is 15.3 Å². The third kappa shape index (κ3) is 2.59. The second kappa shape index (κ2) is 5.04. The number of hydrogen-bond acceptors (Lipinski definition) is 3. The van der Waals surface area contributed by atoms with E-state index in [0.29, 0.717) is 5.95 Å². The Bertz CT molecular complexity index is 588. The first-order valence-electron chi connectivity index (χ1n) is 6.01. The minimum atomic E-state index is -0.0732. The van der Waals surface area contributed by atoms with Crippen LogP contribution >= 0.6 is 0 Å². The summed E-state index contributed by atoms with van der Waals surface area (Å²) in [5, 5.41) is 3.09. The van der Waals surface area contributed by atoms with Crippen molar-refractivity contribution in [2.24, 2.45) is 0 Å². The van der Waals surface area contributed by atoms with Crippen LogP contribution in [0.5, 0.6) is 0 Å². The lowest BCUT2D eigenvalue weighted by molar-refractivity contribution is 0.815. The Hall–Kier alpha value is -2.10. The van der Waals surface area contributed by atoms with E-state index in [0.717, 1.165) is 16.9 Å². The Morgan fingerprint density at radius 1 is 1.22 bits per heavy atom. The predicted octanol–water partition coefficient (Wildman–Crippen LogP) is 2.95. The van der Waals surface area contributed by atoms with Crippen LogP contribution in [0.2, 0.25) is 0 Å². The van der Waals surface area contributed by atoms with E-state index in [1.807, 2.05) is 51.1 Å². The Kier molecular flexibility index (Phi) is 3.46. The van der Waals surface area contributed by atoms with Crippen LogP contribution in [0.4, 0.5) is 11.6 Å². The monoisotopic (exact) mass is 243 g/mol. The summed E-state index contributed by atoms with van der Waals surface area (Å²) in [4.78, 5) is 19.1. The van der Waals surface area contributed by atoms with Crippen LogP contribution in [0.1, 0.15) is 31.0 Å². The molecule has 2 N–H and O–H groups in total. The summed E-state index contributed by atoms with van der Waals surface area (Å²) in [6.45, 7) is 5.84. The maximum Gasteiger partial charge on any atom is 0.255 e. The van der Waals surface area contributed by atoms with Crippen molar-refractivity contribution in [2.75, 3.05) is 5.32 Å². The van der Waals surface area contributed by atoms with Gasteiger partial charge in [0, 0.05) is 11.3 Å². The molecule has 0 aliphatic rings. The number of rotatable bonds is 3. The van der Waals surface area contributed by atoms with Gasteiger partial charge in [-0.2, -0.15) is 0 Å². The van der Waals surface area contributed by atoms with Crippen LogP contribution < -0.4 is 10.9 Å². The van der Waals surface area contributed by atoms with Gasteiger partial charge in [0.05, 0.1) is 5.69 Å². The molecule has 94 valence electrons. The number of benzene rings is 1. The van der Waals surface area contributed by atoms with Crippen molar-refractivity contribution in [1.29, 1.82) is 0 Å². The first kappa shape index (κ1) is 12.4. The Morgan fingerprint density at radius 2 is 1.89 bits per heavy atom. The molecule has 1 aromatic heterocycles. The van der Waals surface area contributed by atoms with Gasteiger partial charge in [0.1, 0.15) is 0 Å². The van der Waals surface area contributed by atoms with Crippen LogP contribution in [0.3, 0.4) is 0 Å². The third-order valence-electron chi connectivity index (χ3n) is 2.76. The molecule has 0 fully saturated rings. The van der Waals surface area contributed by atoms with Gasteiger partial charge >= 0.3 is 0 Å². The van der Waals surface area contributed by atoms with E-state index in [9.17, 15) is 4.79 Å².